The molecule has 0 aliphatic carbocycles. The molecule has 15 nitrogen and oxygen atoms in total. The predicted molar refractivity (Wildman–Crippen MR) is 210 cm³/mol. The van der Waals surface area contributed by atoms with Crippen LogP contribution in [-0.2, 0) is 16.1 Å². The summed E-state index contributed by atoms with van der Waals surface area (Å²) < 4.78 is 28.2. The molecule has 3 aromatic rings. The zero-order valence-corrected chi connectivity index (χ0v) is 32.7. The number of carbonyl (C=O) groups is 4. The van der Waals surface area contributed by atoms with E-state index in [0.29, 0.717) is 68.2 Å². The second kappa shape index (κ2) is 15.0. The third kappa shape index (κ3) is 6.92. The maximum Gasteiger partial charge on any atom is 0.320 e. The summed E-state index contributed by atoms with van der Waals surface area (Å²) in [6, 6.07) is 8.76. The first-order valence-electron chi connectivity index (χ1n) is 20.3. The van der Waals surface area contributed by atoms with Crippen molar-refractivity contribution in [2.45, 2.75) is 70.2 Å². The standard InChI is InChI=1S/C41H48F2N10O5/c1-23-18-48(20-25-7-9-49(10-8-25)28-4-3-26-21-52(40(57)30(26)15-28)34-5-6-36(54)45-39(34)56)19-24(2)53(23)41(58)50-11-12-51-29(22-50)17-44-38-35(51)16-33(46-47-38)31-13-27(42)14-32(43)37(31)55/h3-4,13-16,23-25,29,34,55H,5-12,17-22H2,1-2H3,(H,44,47)(H,45,54,56)/t23-,24-,29-,34?/m0/s1. The highest BCUT2D eigenvalue weighted by atomic mass is 19.1. The van der Waals surface area contributed by atoms with Crippen LogP contribution in [0.1, 0.15) is 55.5 Å². The van der Waals surface area contributed by atoms with E-state index in [1.54, 1.807) is 11.0 Å². The Bertz CT molecular complexity index is 2150. The Hall–Kier alpha value is -5.58. The number of halogens is 2. The molecular formula is C41H48F2N10O5. The number of hydrogen-bond acceptors (Lipinski definition) is 11. The molecule has 306 valence electrons. The van der Waals surface area contributed by atoms with Gasteiger partial charge in [0, 0.05) is 107 Å². The Labute approximate surface area is 334 Å². The number of phenols is 1. The van der Waals surface area contributed by atoms with E-state index in [9.17, 15) is 33.1 Å². The molecule has 2 aromatic carbocycles. The highest BCUT2D eigenvalue weighted by Gasteiger charge is 2.42. The highest BCUT2D eigenvalue weighted by Crippen LogP contribution is 2.38. The van der Waals surface area contributed by atoms with Gasteiger partial charge < -0.3 is 34.9 Å². The Morgan fingerprint density at radius 1 is 0.897 bits per heavy atom. The van der Waals surface area contributed by atoms with E-state index in [0.717, 1.165) is 62.9 Å². The number of aromatic nitrogens is 2. The third-order valence-corrected chi connectivity index (χ3v) is 12.9. The highest BCUT2D eigenvalue weighted by molar-refractivity contribution is 6.05. The lowest BCUT2D eigenvalue weighted by atomic mass is 9.94. The molecule has 0 saturated carbocycles. The van der Waals surface area contributed by atoms with Crippen molar-refractivity contribution >= 4 is 40.9 Å². The van der Waals surface area contributed by atoms with Gasteiger partial charge in [0.25, 0.3) is 5.91 Å². The number of nitrogens with one attached hydrogen (secondary N) is 2. The number of carbonyl (C=O) groups excluding carboxylic acids is 4. The molecule has 1 aromatic heterocycles. The lowest BCUT2D eigenvalue weighted by molar-refractivity contribution is -0.136. The predicted octanol–water partition coefficient (Wildman–Crippen LogP) is 3.24. The fourth-order valence-corrected chi connectivity index (χ4v) is 9.95. The minimum absolute atomic E-state index is 0.0279. The van der Waals surface area contributed by atoms with Crippen molar-refractivity contribution in [3.8, 4) is 17.0 Å². The van der Waals surface area contributed by atoms with Crippen LogP contribution >= 0.6 is 0 Å². The Kier molecular flexibility index (Phi) is 9.80. The molecule has 1 unspecified atom stereocenters. The van der Waals surface area contributed by atoms with Crippen molar-refractivity contribution in [1.82, 2.24) is 35.1 Å². The molecule has 3 N–H and O–H groups in total. The molecule has 0 spiro atoms. The van der Waals surface area contributed by atoms with Crippen LogP contribution in [-0.4, -0.2) is 142 Å². The molecule has 4 fully saturated rings. The van der Waals surface area contributed by atoms with Crippen LogP contribution in [0.4, 0.5) is 30.8 Å². The number of imide groups is 1. The molecule has 4 atom stereocenters. The first kappa shape index (κ1) is 38.0. The number of rotatable bonds is 5. The maximum atomic E-state index is 14.1. The first-order chi connectivity index (χ1) is 27.9. The monoisotopic (exact) mass is 798 g/mol. The second-order valence-corrected chi connectivity index (χ2v) is 16.7. The van der Waals surface area contributed by atoms with Gasteiger partial charge in [-0.05, 0) is 68.9 Å². The van der Waals surface area contributed by atoms with Crippen molar-refractivity contribution in [2.75, 3.05) is 74.0 Å². The first-order valence-corrected chi connectivity index (χ1v) is 20.3. The third-order valence-electron chi connectivity index (χ3n) is 12.9. The van der Waals surface area contributed by atoms with Crippen molar-refractivity contribution in [1.29, 1.82) is 0 Å². The molecular weight excluding hydrogens is 751 g/mol. The van der Waals surface area contributed by atoms with E-state index in [4.69, 9.17) is 0 Å². The Morgan fingerprint density at radius 3 is 2.43 bits per heavy atom. The van der Waals surface area contributed by atoms with Gasteiger partial charge >= 0.3 is 6.03 Å². The average Bonchev–Trinajstić information content (AvgIpc) is 3.53. The number of amides is 5. The number of nitrogens with zero attached hydrogens (tertiary/aromatic N) is 8. The summed E-state index contributed by atoms with van der Waals surface area (Å²) in [7, 11) is 0. The van der Waals surface area contributed by atoms with E-state index in [1.807, 2.05) is 21.9 Å². The SMILES string of the molecule is C[C@H]1CN(CC2CCN(c3ccc4c(c3)C(=O)N(C3CCC(=O)NC3=O)C4)CC2)C[C@H](C)N1C(=O)N1CCN2c3cc(-c4cc(F)cc(F)c4O)nnc3NC[C@H]2C1. The van der Waals surface area contributed by atoms with Gasteiger partial charge in [-0.3, -0.25) is 24.6 Å². The molecule has 7 heterocycles. The normalized spacial score (nSPS) is 25.3. The zero-order valence-electron chi connectivity index (χ0n) is 32.7. The topological polar surface area (TPSA) is 158 Å². The van der Waals surface area contributed by atoms with Gasteiger partial charge in [0.1, 0.15) is 11.9 Å². The maximum absolute atomic E-state index is 14.1. The molecule has 58 heavy (non-hydrogen) atoms. The molecule has 9 rings (SSSR count). The van der Waals surface area contributed by atoms with Crippen molar-refractivity contribution < 1.29 is 33.1 Å². The van der Waals surface area contributed by atoms with E-state index in [1.165, 1.54) is 0 Å². The van der Waals surface area contributed by atoms with Crippen LogP contribution in [0.3, 0.4) is 0 Å². The van der Waals surface area contributed by atoms with Crippen LogP contribution in [0.25, 0.3) is 11.3 Å². The number of urea groups is 1. The number of piperidine rings is 2. The van der Waals surface area contributed by atoms with Gasteiger partial charge in [-0.2, -0.15) is 0 Å². The molecule has 0 radical (unpaired) electrons. The summed E-state index contributed by atoms with van der Waals surface area (Å²) in [5, 5.41) is 24.3. The van der Waals surface area contributed by atoms with E-state index < -0.39 is 29.3 Å². The summed E-state index contributed by atoms with van der Waals surface area (Å²) in [5.74, 6) is -2.38. The number of aromatic hydroxyl groups is 1. The Morgan fingerprint density at radius 2 is 1.67 bits per heavy atom. The number of phenolic OH excluding ortho intramolecular Hbond substituents is 1. The van der Waals surface area contributed by atoms with E-state index >= 15 is 0 Å². The summed E-state index contributed by atoms with van der Waals surface area (Å²) in [5.41, 5.74) is 3.34. The van der Waals surface area contributed by atoms with Crippen LogP contribution in [0.15, 0.2) is 36.4 Å². The van der Waals surface area contributed by atoms with Gasteiger partial charge in [0.2, 0.25) is 11.8 Å². The molecule has 6 aliphatic rings. The summed E-state index contributed by atoms with van der Waals surface area (Å²) >= 11 is 0. The van der Waals surface area contributed by atoms with Crippen molar-refractivity contribution in [3.63, 3.8) is 0 Å². The quantitative estimate of drug-likeness (QED) is 0.326. The molecule has 4 saturated heterocycles. The number of benzene rings is 2. The van der Waals surface area contributed by atoms with Crippen molar-refractivity contribution in [2.24, 2.45) is 5.92 Å². The Balaban J connectivity index is 0.773. The summed E-state index contributed by atoms with van der Waals surface area (Å²) in [4.78, 5) is 64.2. The molecule has 17 heteroatoms. The number of hydrogen-bond donors (Lipinski definition) is 3. The van der Waals surface area contributed by atoms with Crippen LogP contribution < -0.4 is 20.4 Å². The average molecular weight is 799 g/mol. The minimum atomic E-state index is -1.07. The van der Waals surface area contributed by atoms with E-state index in [-0.39, 0.29) is 53.6 Å². The number of fused-ring (bicyclic) bond motifs is 4. The van der Waals surface area contributed by atoms with Gasteiger partial charge in [-0.1, -0.05) is 6.07 Å². The van der Waals surface area contributed by atoms with Crippen LogP contribution in [0.2, 0.25) is 0 Å². The number of anilines is 3. The fraction of sp³-hybridized carbons (Fsp3) is 0.512. The second-order valence-electron chi connectivity index (χ2n) is 16.7. The van der Waals surface area contributed by atoms with Gasteiger partial charge in [0.05, 0.1) is 17.4 Å². The zero-order chi connectivity index (χ0) is 40.4. The van der Waals surface area contributed by atoms with Gasteiger partial charge in [-0.25, -0.2) is 13.6 Å². The fourth-order valence-electron chi connectivity index (χ4n) is 9.95. The lowest BCUT2D eigenvalue weighted by Crippen LogP contribution is -2.65. The molecule has 5 amide bonds. The van der Waals surface area contributed by atoms with Gasteiger partial charge in [0.15, 0.2) is 17.4 Å². The largest absolute Gasteiger partial charge is 0.504 e. The summed E-state index contributed by atoms with van der Waals surface area (Å²) in [6.45, 7) is 11.0. The van der Waals surface area contributed by atoms with Gasteiger partial charge in [-0.15, -0.1) is 10.2 Å². The number of piperazine rings is 2. The molecule has 0 bridgehead atoms. The lowest BCUT2D eigenvalue weighted by Gasteiger charge is -2.50. The summed E-state index contributed by atoms with van der Waals surface area (Å²) in [6.07, 6.45) is 2.62. The smallest absolute Gasteiger partial charge is 0.320 e. The van der Waals surface area contributed by atoms with Crippen LogP contribution in [0.5, 0.6) is 5.75 Å². The van der Waals surface area contributed by atoms with Crippen LogP contribution in [0, 0.1) is 17.6 Å². The molecule has 6 aliphatic heterocycles. The van der Waals surface area contributed by atoms with Crippen molar-refractivity contribution in [3.05, 3.63) is 59.2 Å². The minimum Gasteiger partial charge on any atom is -0.504 e. The van der Waals surface area contributed by atoms with E-state index in [2.05, 4.69) is 55.4 Å².